The lowest BCUT2D eigenvalue weighted by Gasteiger charge is -2.15. The highest BCUT2D eigenvalue weighted by Gasteiger charge is 2.39. The minimum atomic E-state index is -0.375. The van der Waals surface area contributed by atoms with Gasteiger partial charge in [-0.15, -0.1) is 0 Å². The number of amides is 3. The van der Waals surface area contributed by atoms with E-state index in [9.17, 15) is 14.4 Å². The summed E-state index contributed by atoms with van der Waals surface area (Å²) >= 11 is 0. The molecule has 0 radical (unpaired) electrons. The number of hydrogen-bond donors (Lipinski definition) is 2. The molecule has 0 unspecified atom stereocenters. The summed E-state index contributed by atoms with van der Waals surface area (Å²) in [5.74, 6) is -0.873. The predicted molar refractivity (Wildman–Crippen MR) is 124 cm³/mol. The van der Waals surface area contributed by atoms with E-state index in [4.69, 9.17) is 0 Å². The van der Waals surface area contributed by atoms with Crippen LogP contribution in [0.15, 0.2) is 84.6 Å². The molecule has 0 fully saturated rings. The Morgan fingerprint density at radius 1 is 0.812 bits per heavy atom. The average Bonchev–Trinajstić information content (AvgIpc) is 3.01. The van der Waals surface area contributed by atoms with Gasteiger partial charge in [0.2, 0.25) is 5.91 Å². The zero-order chi connectivity index (χ0) is 22.7. The third-order valence-electron chi connectivity index (χ3n) is 5.17. The molecule has 1 aliphatic rings. The summed E-state index contributed by atoms with van der Waals surface area (Å²) in [6.07, 6.45) is 0. The minimum Gasteiger partial charge on any atom is -0.350 e. The van der Waals surface area contributed by atoms with Gasteiger partial charge in [0.15, 0.2) is 0 Å². The van der Waals surface area contributed by atoms with E-state index in [1.807, 2.05) is 61.5 Å². The van der Waals surface area contributed by atoms with Crippen LogP contribution in [0.3, 0.4) is 0 Å². The Kier molecular flexibility index (Phi) is 5.85. The van der Waals surface area contributed by atoms with Crippen LogP contribution in [-0.4, -0.2) is 22.6 Å². The summed E-state index contributed by atoms with van der Waals surface area (Å²) in [7, 11) is 0. The quantitative estimate of drug-likeness (QED) is 0.576. The molecule has 2 N–H and O–H groups in total. The van der Waals surface area contributed by atoms with E-state index in [-0.39, 0.29) is 30.0 Å². The van der Waals surface area contributed by atoms with Crippen LogP contribution in [0.5, 0.6) is 0 Å². The lowest BCUT2D eigenvalue weighted by molar-refractivity contribution is -0.137. The molecule has 0 atom stereocenters. The number of aryl methyl sites for hydroxylation is 1. The van der Waals surface area contributed by atoms with Gasteiger partial charge in [-0.25, -0.2) is 0 Å². The van der Waals surface area contributed by atoms with Gasteiger partial charge in [-0.05, 0) is 42.3 Å². The Hall–Kier alpha value is -4.19. The number of carbonyl (C=O) groups excluding carboxylic acids is 3. The maximum Gasteiger partial charge on any atom is 0.278 e. The largest absolute Gasteiger partial charge is 0.350 e. The number of nitrogens with one attached hydrogen (secondary N) is 2. The Morgan fingerprint density at radius 3 is 2.06 bits per heavy atom. The molecular formula is C26H23N3O3. The van der Waals surface area contributed by atoms with Crippen molar-refractivity contribution in [1.82, 2.24) is 4.90 Å². The van der Waals surface area contributed by atoms with Crippen molar-refractivity contribution in [3.8, 4) is 0 Å². The first-order valence-corrected chi connectivity index (χ1v) is 10.3. The van der Waals surface area contributed by atoms with E-state index in [0.29, 0.717) is 22.5 Å². The van der Waals surface area contributed by atoms with E-state index in [1.54, 1.807) is 24.3 Å². The molecule has 0 saturated carbocycles. The van der Waals surface area contributed by atoms with Gasteiger partial charge in [-0.2, -0.15) is 0 Å². The second-order valence-corrected chi connectivity index (χ2v) is 7.68. The van der Waals surface area contributed by atoms with Crippen LogP contribution < -0.4 is 10.6 Å². The molecule has 6 nitrogen and oxygen atoms in total. The van der Waals surface area contributed by atoms with Gasteiger partial charge in [0.25, 0.3) is 11.8 Å². The number of hydrogen-bond acceptors (Lipinski definition) is 4. The van der Waals surface area contributed by atoms with Crippen molar-refractivity contribution in [3.63, 3.8) is 0 Å². The van der Waals surface area contributed by atoms with Gasteiger partial charge < -0.3 is 10.6 Å². The van der Waals surface area contributed by atoms with Crippen molar-refractivity contribution >= 4 is 34.7 Å². The number of nitrogens with zero attached hydrogens (tertiary/aromatic N) is 1. The predicted octanol–water partition coefficient (Wildman–Crippen LogP) is 4.35. The molecule has 3 aromatic rings. The molecule has 0 aliphatic carbocycles. The Labute approximate surface area is 186 Å². The van der Waals surface area contributed by atoms with Crippen molar-refractivity contribution in [3.05, 3.63) is 101 Å². The first-order valence-electron chi connectivity index (χ1n) is 10.3. The maximum absolute atomic E-state index is 13.3. The highest BCUT2D eigenvalue weighted by Crippen LogP contribution is 2.31. The van der Waals surface area contributed by atoms with Crippen molar-refractivity contribution in [2.24, 2.45) is 0 Å². The Balaban J connectivity index is 1.66. The standard InChI is InChI=1S/C26H23N3O3/c1-17-8-10-19(11-9-17)16-29-25(31)23(20-6-4-3-5-7-20)24(26(29)32)28-22-14-12-21(13-15-22)27-18(2)30/h3-15,28H,16H2,1-2H3,(H,27,30). The Bertz CT molecular complexity index is 1200. The molecule has 0 saturated heterocycles. The normalized spacial score (nSPS) is 13.5. The number of carbonyl (C=O) groups is 3. The lowest BCUT2D eigenvalue weighted by Crippen LogP contribution is -2.32. The second-order valence-electron chi connectivity index (χ2n) is 7.68. The van der Waals surface area contributed by atoms with Crippen LogP contribution >= 0.6 is 0 Å². The topological polar surface area (TPSA) is 78.5 Å². The fraction of sp³-hybridized carbons (Fsp3) is 0.115. The summed E-state index contributed by atoms with van der Waals surface area (Å²) in [5, 5.41) is 5.84. The Morgan fingerprint density at radius 2 is 1.44 bits per heavy atom. The molecule has 1 heterocycles. The summed E-state index contributed by atoms with van der Waals surface area (Å²) in [6.45, 7) is 3.62. The van der Waals surface area contributed by atoms with Crippen LogP contribution in [0.1, 0.15) is 23.6 Å². The summed E-state index contributed by atoms with van der Waals surface area (Å²) < 4.78 is 0. The van der Waals surface area contributed by atoms with E-state index in [1.165, 1.54) is 11.8 Å². The van der Waals surface area contributed by atoms with E-state index in [0.717, 1.165) is 11.1 Å². The zero-order valence-corrected chi connectivity index (χ0v) is 17.9. The summed E-state index contributed by atoms with van der Waals surface area (Å²) in [5.41, 5.74) is 4.53. The third kappa shape index (κ3) is 4.44. The third-order valence-corrected chi connectivity index (χ3v) is 5.17. The van der Waals surface area contributed by atoms with Gasteiger partial charge in [0.1, 0.15) is 5.70 Å². The van der Waals surface area contributed by atoms with Gasteiger partial charge in [0, 0.05) is 18.3 Å². The highest BCUT2D eigenvalue weighted by molar-refractivity contribution is 6.36. The summed E-state index contributed by atoms with van der Waals surface area (Å²) in [6, 6.07) is 23.9. The van der Waals surface area contributed by atoms with E-state index < -0.39 is 0 Å². The molecule has 160 valence electrons. The number of imide groups is 1. The molecule has 0 spiro atoms. The molecule has 6 heteroatoms. The van der Waals surface area contributed by atoms with Gasteiger partial charge in [0.05, 0.1) is 12.1 Å². The molecule has 3 amide bonds. The smallest absolute Gasteiger partial charge is 0.278 e. The van der Waals surface area contributed by atoms with Crippen molar-refractivity contribution < 1.29 is 14.4 Å². The number of anilines is 2. The molecule has 4 rings (SSSR count). The highest BCUT2D eigenvalue weighted by atomic mass is 16.2. The summed E-state index contributed by atoms with van der Waals surface area (Å²) in [4.78, 5) is 39.1. The first kappa shape index (κ1) is 21.1. The maximum atomic E-state index is 13.3. The minimum absolute atomic E-state index is 0.164. The SMILES string of the molecule is CC(=O)Nc1ccc(NC2=C(c3ccccc3)C(=O)N(Cc3ccc(C)cc3)C2=O)cc1. The van der Waals surface area contributed by atoms with Crippen molar-refractivity contribution in [1.29, 1.82) is 0 Å². The number of rotatable bonds is 6. The van der Waals surface area contributed by atoms with Crippen LogP contribution in [0.2, 0.25) is 0 Å². The van der Waals surface area contributed by atoms with Crippen LogP contribution in [0, 0.1) is 6.92 Å². The fourth-order valence-electron chi connectivity index (χ4n) is 3.57. The zero-order valence-electron chi connectivity index (χ0n) is 17.9. The molecule has 0 bridgehead atoms. The average molecular weight is 425 g/mol. The molecule has 0 aromatic heterocycles. The van der Waals surface area contributed by atoms with E-state index >= 15 is 0 Å². The lowest BCUT2D eigenvalue weighted by atomic mass is 10.0. The van der Waals surface area contributed by atoms with Crippen molar-refractivity contribution in [2.45, 2.75) is 20.4 Å². The van der Waals surface area contributed by atoms with E-state index in [2.05, 4.69) is 10.6 Å². The monoisotopic (exact) mass is 425 g/mol. The van der Waals surface area contributed by atoms with Crippen LogP contribution in [-0.2, 0) is 20.9 Å². The first-order chi connectivity index (χ1) is 15.4. The fourth-order valence-corrected chi connectivity index (χ4v) is 3.57. The van der Waals surface area contributed by atoms with Crippen LogP contribution in [0.4, 0.5) is 11.4 Å². The number of benzene rings is 3. The molecule has 1 aliphatic heterocycles. The molecule has 3 aromatic carbocycles. The van der Waals surface area contributed by atoms with Crippen LogP contribution in [0.25, 0.3) is 5.57 Å². The van der Waals surface area contributed by atoms with Gasteiger partial charge in [-0.1, -0.05) is 60.2 Å². The van der Waals surface area contributed by atoms with Gasteiger partial charge >= 0.3 is 0 Å². The van der Waals surface area contributed by atoms with Crippen molar-refractivity contribution in [2.75, 3.05) is 10.6 Å². The van der Waals surface area contributed by atoms with Gasteiger partial charge in [-0.3, -0.25) is 19.3 Å². The molecular weight excluding hydrogens is 402 g/mol. The second kappa shape index (κ2) is 8.89. The molecule has 32 heavy (non-hydrogen) atoms.